The van der Waals surface area contributed by atoms with E-state index in [1.165, 1.54) is 6.20 Å². The van der Waals surface area contributed by atoms with Crippen molar-refractivity contribution in [3.8, 4) is 0 Å². The maximum absolute atomic E-state index is 11.7. The maximum atomic E-state index is 11.7. The minimum absolute atomic E-state index is 0.00514. The number of hydrogen-bond acceptors (Lipinski definition) is 6. The molecule has 0 bridgehead atoms. The Balaban J connectivity index is 2.10. The molecule has 0 fully saturated rings. The molecule has 0 atom stereocenters. The van der Waals surface area contributed by atoms with Crippen LogP contribution in [0.2, 0.25) is 0 Å². The molecule has 2 aromatic heterocycles. The summed E-state index contributed by atoms with van der Waals surface area (Å²) in [6, 6.07) is 3.19. The third-order valence-electron chi connectivity index (χ3n) is 2.00. The molecule has 0 aromatic carbocycles. The Hall–Kier alpha value is -2.90. The predicted molar refractivity (Wildman–Crippen MR) is 60.9 cm³/mol. The Morgan fingerprint density at radius 1 is 1.28 bits per heavy atom. The van der Waals surface area contributed by atoms with E-state index in [1.807, 2.05) is 0 Å². The van der Waals surface area contributed by atoms with Crippen LogP contribution in [-0.2, 0) is 0 Å². The Kier molecular flexibility index (Phi) is 3.19. The number of anilines is 1. The average Bonchev–Trinajstić information content (AvgIpc) is 2.40. The van der Waals surface area contributed by atoms with Gasteiger partial charge in [-0.25, -0.2) is 9.97 Å². The molecule has 0 radical (unpaired) electrons. The standard InChI is InChI=1S/C10H7N5O3/c16-9(7-2-1-3-11-4-7)14-10-12-5-8(6-13-10)15(17)18/h1-6H,(H,12,13,14,16). The SMILES string of the molecule is O=C(Nc1ncc([N+](=O)[O-])cn1)c1cccnc1. The van der Waals surface area contributed by atoms with Gasteiger partial charge in [0.15, 0.2) is 0 Å². The first kappa shape index (κ1) is 11.6. The summed E-state index contributed by atoms with van der Waals surface area (Å²) in [6.07, 6.45) is 4.97. The second kappa shape index (κ2) is 4.95. The topological polar surface area (TPSA) is 111 Å². The van der Waals surface area contributed by atoms with Gasteiger partial charge < -0.3 is 0 Å². The molecule has 0 aliphatic carbocycles. The van der Waals surface area contributed by atoms with Crippen molar-refractivity contribution >= 4 is 17.5 Å². The average molecular weight is 245 g/mol. The van der Waals surface area contributed by atoms with Gasteiger partial charge in [-0.1, -0.05) is 0 Å². The van der Waals surface area contributed by atoms with Gasteiger partial charge in [-0.2, -0.15) is 0 Å². The molecule has 2 heterocycles. The van der Waals surface area contributed by atoms with Gasteiger partial charge in [-0.3, -0.25) is 25.2 Å². The molecule has 90 valence electrons. The molecule has 0 spiro atoms. The van der Waals surface area contributed by atoms with Gasteiger partial charge in [-0.15, -0.1) is 0 Å². The first-order valence-electron chi connectivity index (χ1n) is 4.84. The third kappa shape index (κ3) is 2.61. The lowest BCUT2D eigenvalue weighted by Crippen LogP contribution is -2.14. The quantitative estimate of drug-likeness (QED) is 0.638. The lowest BCUT2D eigenvalue weighted by atomic mass is 10.3. The fourth-order valence-corrected chi connectivity index (χ4v) is 1.15. The minimum Gasteiger partial charge on any atom is -0.290 e. The number of carbonyl (C=O) groups excluding carboxylic acids is 1. The van der Waals surface area contributed by atoms with Crippen LogP contribution in [0.5, 0.6) is 0 Å². The van der Waals surface area contributed by atoms with Gasteiger partial charge in [0.2, 0.25) is 5.95 Å². The van der Waals surface area contributed by atoms with Gasteiger partial charge in [-0.05, 0) is 12.1 Å². The van der Waals surface area contributed by atoms with E-state index >= 15 is 0 Å². The van der Waals surface area contributed by atoms with Crippen molar-refractivity contribution in [2.45, 2.75) is 0 Å². The molecule has 8 nitrogen and oxygen atoms in total. The number of carbonyl (C=O) groups is 1. The molecular weight excluding hydrogens is 238 g/mol. The van der Waals surface area contributed by atoms with Gasteiger partial charge in [0.25, 0.3) is 5.91 Å². The van der Waals surface area contributed by atoms with E-state index in [0.29, 0.717) is 5.56 Å². The van der Waals surface area contributed by atoms with Crippen molar-refractivity contribution in [3.05, 3.63) is 52.6 Å². The number of nitrogens with zero attached hydrogens (tertiary/aromatic N) is 4. The van der Waals surface area contributed by atoms with E-state index in [2.05, 4.69) is 20.3 Å². The molecule has 1 N–H and O–H groups in total. The van der Waals surface area contributed by atoms with Gasteiger partial charge in [0.1, 0.15) is 12.4 Å². The van der Waals surface area contributed by atoms with E-state index in [1.54, 1.807) is 18.3 Å². The van der Waals surface area contributed by atoms with E-state index in [-0.39, 0.29) is 11.6 Å². The Morgan fingerprint density at radius 3 is 2.56 bits per heavy atom. The van der Waals surface area contributed by atoms with Crippen LogP contribution in [0.1, 0.15) is 10.4 Å². The fourth-order valence-electron chi connectivity index (χ4n) is 1.15. The second-order valence-corrected chi connectivity index (χ2v) is 3.22. The minimum atomic E-state index is -0.618. The largest absolute Gasteiger partial charge is 0.305 e. The smallest absolute Gasteiger partial charge is 0.290 e. The van der Waals surface area contributed by atoms with Crippen molar-refractivity contribution in [3.63, 3.8) is 0 Å². The number of rotatable bonds is 3. The molecular formula is C10H7N5O3. The lowest BCUT2D eigenvalue weighted by Gasteiger charge is -2.01. The Bertz CT molecular complexity index is 570. The molecule has 2 rings (SSSR count). The van der Waals surface area contributed by atoms with Crippen LogP contribution in [0.4, 0.5) is 11.6 Å². The normalized spacial score (nSPS) is 9.78. The van der Waals surface area contributed by atoms with Crippen molar-refractivity contribution < 1.29 is 9.72 Å². The Morgan fingerprint density at radius 2 is 2.00 bits per heavy atom. The van der Waals surface area contributed by atoms with Crippen molar-refractivity contribution in [2.75, 3.05) is 5.32 Å². The van der Waals surface area contributed by atoms with Crippen LogP contribution >= 0.6 is 0 Å². The highest BCUT2D eigenvalue weighted by Crippen LogP contribution is 2.09. The summed E-state index contributed by atoms with van der Waals surface area (Å²) in [6.45, 7) is 0. The van der Waals surface area contributed by atoms with Crippen LogP contribution < -0.4 is 5.32 Å². The predicted octanol–water partition coefficient (Wildman–Crippen LogP) is 1.03. The van der Waals surface area contributed by atoms with Gasteiger partial charge in [0, 0.05) is 12.4 Å². The number of nitrogens with one attached hydrogen (secondary N) is 1. The molecule has 1 amide bonds. The lowest BCUT2D eigenvalue weighted by molar-refractivity contribution is -0.385. The van der Waals surface area contributed by atoms with Crippen LogP contribution in [0.3, 0.4) is 0 Å². The van der Waals surface area contributed by atoms with Gasteiger partial charge >= 0.3 is 5.69 Å². The number of pyridine rings is 1. The van der Waals surface area contributed by atoms with Crippen molar-refractivity contribution in [1.82, 2.24) is 15.0 Å². The molecule has 0 saturated heterocycles. The zero-order valence-electron chi connectivity index (χ0n) is 8.98. The molecule has 0 unspecified atom stereocenters. The summed E-state index contributed by atoms with van der Waals surface area (Å²) in [5, 5.41) is 12.8. The maximum Gasteiger partial charge on any atom is 0.305 e. The molecule has 0 aliphatic rings. The van der Waals surface area contributed by atoms with Gasteiger partial charge in [0.05, 0.1) is 10.5 Å². The van der Waals surface area contributed by atoms with Crippen molar-refractivity contribution in [2.24, 2.45) is 0 Å². The van der Waals surface area contributed by atoms with E-state index in [4.69, 9.17) is 0 Å². The van der Waals surface area contributed by atoms with E-state index in [0.717, 1.165) is 12.4 Å². The third-order valence-corrected chi connectivity index (χ3v) is 2.00. The summed E-state index contributed by atoms with van der Waals surface area (Å²) < 4.78 is 0. The monoisotopic (exact) mass is 245 g/mol. The summed E-state index contributed by atoms with van der Waals surface area (Å²) >= 11 is 0. The van der Waals surface area contributed by atoms with E-state index in [9.17, 15) is 14.9 Å². The molecule has 0 aliphatic heterocycles. The Labute approximate surface area is 101 Å². The number of aromatic nitrogens is 3. The second-order valence-electron chi connectivity index (χ2n) is 3.22. The molecule has 2 aromatic rings. The number of nitro groups is 1. The zero-order valence-corrected chi connectivity index (χ0v) is 8.98. The van der Waals surface area contributed by atoms with Crippen LogP contribution in [0, 0.1) is 10.1 Å². The first-order chi connectivity index (χ1) is 8.66. The summed E-state index contributed by atoms with van der Waals surface area (Å²) in [4.78, 5) is 32.5. The highest BCUT2D eigenvalue weighted by atomic mass is 16.6. The molecule has 18 heavy (non-hydrogen) atoms. The van der Waals surface area contributed by atoms with E-state index < -0.39 is 10.8 Å². The van der Waals surface area contributed by atoms with Crippen LogP contribution in [0.25, 0.3) is 0 Å². The zero-order chi connectivity index (χ0) is 13.0. The first-order valence-corrected chi connectivity index (χ1v) is 4.84. The number of hydrogen-bond donors (Lipinski definition) is 1. The highest BCUT2D eigenvalue weighted by molar-refractivity contribution is 6.03. The van der Waals surface area contributed by atoms with Crippen molar-refractivity contribution in [1.29, 1.82) is 0 Å². The number of amides is 1. The summed E-state index contributed by atoms with van der Waals surface area (Å²) in [5.74, 6) is -0.439. The molecule has 0 saturated carbocycles. The van der Waals surface area contributed by atoms with Crippen LogP contribution in [-0.4, -0.2) is 25.8 Å². The highest BCUT2D eigenvalue weighted by Gasteiger charge is 2.10. The summed E-state index contributed by atoms with van der Waals surface area (Å²) in [7, 11) is 0. The molecule has 8 heteroatoms. The summed E-state index contributed by atoms with van der Waals surface area (Å²) in [5.41, 5.74) is 0.105. The van der Waals surface area contributed by atoms with Crippen LogP contribution in [0.15, 0.2) is 36.9 Å². The fraction of sp³-hybridized carbons (Fsp3) is 0.